The number of hydrogen-bond donors (Lipinski definition) is 2. The first-order valence-corrected chi connectivity index (χ1v) is 10.5. The Morgan fingerprint density at radius 2 is 1.84 bits per heavy atom. The molecular weight excluding hydrogens is 314 g/mol. The summed E-state index contributed by atoms with van der Waals surface area (Å²) in [6.07, 6.45) is 11.5. The smallest absolute Gasteiger partial charge is 0.245 e. The van der Waals surface area contributed by atoms with Crippen LogP contribution in [0, 0.1) is 5.92 Å². The lowest BCUT2D eigenvalue weighted by Gasteiger charge is -2.45. The summed E-state index contributed by atoms with van der Waals surface area (Å²) in [5, 5.41) is 6.49. The predicted octanol–water partition coefficient (Wildman–Crippen LogP) is 2.60. The van der Waals surface area contributed by atoms with Crippen molar-refractivity contribution in [2.75, 3.05) is 19.6 Å². The third-order valence-electron chi connectivity index (χ3n) is 6.52. The zero-order valence-electron chi connectivity index (χ0n) is 15.8. The summed E-state index contributed by atoms with van der Waals surface area (Å²) >= 11 is 0. The molecule has 2 N–H and O–H groups in total. The molecule has 2 heterocycles. The summed E-state index contributed by atoms with van der Waals surface area (Å²) < 4.78 is 0. The van der Waals surface area contributed by atoms with Gasteiger partial charge in [-0.05, 0) is 44.7 Å². The van der Waals surface area contributed by atoms with Crippen molar-refractivity contribution in [3.05, 3.63) is 0 Å². The van der Waals surface area contributed by atoms with Crippen molar-refractivity contribution < 1.29 is 9.59 Å². The molecule has 2 saturated heterocycles. The second-order valence-electron chi connectivity index (χ2n) is 8.35. The molecule has 1 saturated carbocycles. The van der Waals surface area contributed by atoms with Crippen LogP contribution in [0.15, 0.2) is 0 Å². The Hall–Kier alpha value is -1.10. The fraction of sp³-hybridized carbons (Fsp3) is 0.900. The maximum Gasteiger partial charge on any atom is 0.245 e. The van der Waals surface area contributed by atoms with Crippen LogP contribution in [-0.4, -0.2) is 47.9 Å². The molecule has 25 heavy (non-hydrogen) atoms. The van der Waals surface area contributed by atoms with Gasteiger partial charge in [-0.1, -0.05) is 45.4 Å². The highest BCUT2D eigenvalue weighted by Crippen LogP contribution is 2.35. The first-order valence-electron chi connectivity index (χ1n) is 10.5. The van der Waals surface area contributed by atoms with Crippen molar-refractivity contribution >= 4 is 11.8 Å². The van der Waals surface area contributed by atoms with Gasteiger partial charge in [0.1, 0.15) is 6.04 Å². The number of piperidine rings is 1. The van der Waals surface area contributed by atoms with E-state index in [1.807, 2.05) is 0 Å². The van der Waals surface area contributed by atoms with Gasteiger partial charge in [-0.25, -0.2) is 0 Å². The van der Waals surface area contributed by atoms with E-state index in [0.717, 1.165) is 51.7 Å². The van der Waals surface area contributed by atoms with Crippen molar-refractivity contribution in [3.63, 3.8) is 0 Å². The summed E-state index contributed by atoms with van der Waals surface area (Å²) in [4.78, 5) is 28.2. The Morgan fingerprint density at radius 1 is 1.12 bits per heavy atom. The van der Waals surface area contributed by atoms with Crippen LogP contribution in [0.3, 0.4) is 0 Å². The van der Waals surface area contributed by atoms with Crippen LogP contribution in [0.25, 0.3) is 0 Å². The van der Waals surface area contributed by atoms with Crippen LogP contribution in [0.2, 0.25) is 0 Å². The lowest BCUT2D eigenvalue weighted by Crippen LogP contribution is -2.58. The largest absolute Gasteiger partial charge is 0.344 e. The molecule has 0 aromatic rings. The van der Waals surface area contributed by atoms with E-state index in [9.17, 15) is 9.59 Å². The van der Waals surface area contributed by atoms with Gasteiger partial charge in [-0.15, -0.1) is 0 Å². The van der Waals surface area contributed by atoms with Crippen LogP contribution < -0.4 is 10.6 Å². The SMILES string of the molecule is CCCCN1C(=O)[C@H](CC2CCCCC2)NC(=O)CC12CCNCC2. The summed E-state index contributed by atoms with van der Waals surface area (Å²) in [7, 11) is 0. The van der Waals surface area contributed by atoms with Crippen molar-refractivity contribution in [2.24, 2.45) is 5.92 Å². The van der Waals surface area contributed by atoms with Crippen LogP contribution in [-0.2, 0) is 9.59 Å². The number of hydrogen-bond acceptors (Lipinski definition) is 3. The van der Waals surface area contributed by atoms with E-state index in [0.29, 0.717) is 12.3 Å². The lowest BCUT2D eigenvalue weighted by atomic mass is 9.82. The van der Waals surface area contributed by atoms with Crippen LogP contribution in [0.5, 0.6) is 0 Å². The van der Waals surface area contributed by atoms with E-state index >= 15 is 0 Å². The number of carbonyl (C=O) groups is 2. The first kappa shape index (κ1) is 18.7. The third kappa shape index (κ3) is 4.36. The van der Waals surface area contributed by atoms with Crippen LogP contribution in [0.4, 0.5) is 0 Å². The molecule has 0 aromatic carbocycles. The Morgan fingerprint density at radius 3 is 2.52 bits per heavy atom. The van der Waals surface area contributed by atoms with Gasteiger partial charge in [0.15, 0.2) is 0 Å². The molecule has 0 aromatic heterocycles. The molecule has 142 valence electrons. The highest BCUT2D eigenvalue weighted by atomic mass is 16.2. The predicted molar refractivity (Wildman–Crippen MR) is 99.2 cm³/mol. The van der Waals surface area contributed by atoms with E-state index < -0.39 is 0 Å². The van der Waals surface area contributed by atoms with Crippen molar-refractivity contribution in [1.29, 1.82) is 0 Å². The maximum atomic E-state index is 13.4. The summed E-state index contributed by atoms with van der Waals surface area (Å²) in [5.41, 5.74) is -0.261. The fourth-order valence-electron chi connectivity index (χ4n) is 5.04. The highest BCUT2D eigenvalue weighted by molar-refractivity contribution is 5.91. The minimum absolute atomic E-state index is 0.0788. The molecule has 1 spiro atoms. The van der Waals surface area contributed by atoms with Gasteiger partial charge in [-0.3, -0.25) is 9.59 Å². The molecule has 5 heteroatoms. The molecule has 3 aliphatic rings. The monoisotopic (exact) mass is 349 g/mol. The molecule has 3 rings (SSSR count). The van der Waals surface area contributed by atoms with Gasteiger partial charge in [-0.2, -0.15) is 0 Å². The number of carbonyl (C=O) groups excluding carboxylic acids is 2. The van der Waals surface area contributed by atoms with Crippen molar-refractivity contribution in [2.45, 2.75) is 89.1 Å². The number of rotatable bonds is 5. The molecule has 2 aliphatic heterocycles. The Labute approximate surface area is 152 Å². The quantitative estimate of drug-likeness (QED) is 0.802. The molecule has 1 atom stereocenters. The Balaban J connectivity index is 1.79. The van der Waals surface area contributed by atoms with E-state index in [-0.39, 0.29) is 23.4 Å². The fourth-order valence-corrected chi connectivity index (χ4v) is 5.04. The van der Waals surface area contributed by atoms with Gasteiger partial charge in [0, 0.05) is 6.54 Å². The second kappa shape index (κ2) is 8.52. The number of unbranched alkanes of at least 4 members (excludes halogenated alkanes) is 1. The van der Waals surface area contributed by atoms with Crippen LogP contribution in [0.1, 0.15) is 77.6 Å². The third-order valence-corrected chi connectivity index (χ3v) is 6.52. The zero-order chi connectivity index (χ0) is 17.7. The average Bonchev–Trinajstić information content (AvgIpc) is 2.70. The highest BCUT2D eigenvalue weighted by Gasteiger charge is 2.47. The molecule has 3 fully saturated rings. The molecule has 5 nitrogen and oxygen atoms in total. The van der Waals surface area contributed by atoms with Gasteiger partial charge >= 0.3 is 0 Å². The average molecular weight is 350 g/mol. The van der Waals surface area contributed by atoms with Gasteiger partial charge in [0.2, 0.25) is 11.8 Å². The number of nitrogens with zero attached hydrogens (tertiary/aromatic N) is 1. The van der Waals surface area contributed by atoms with E-state index in [1.165, 1.54) is 32.1 Å². The van der Waals surface area contributed by atoms with Gasteiger partial charge < -0.3 is 15.5 Å². The standard InChI is InChI=1S/C20H35N3O2/c1-2-3-13-23-19(25)17(14-16-7-5-4-6-8-16)22-18(24)15-20(23)9-11-21-12-10-20/h16-17,21H,2-15H2,1H3,(H,22,24)/t17-/m0/s1. The summed E-state index contributed by atoms with van der Waals surface area (Å²) in [5.74, 6) is 0.861. The van der Waals surface area contributed by atoms with E-state index in [1.54, 1.807) is 0 Å². The maximum absolute atomic E-state index is 13.4. The molecule has 0 bridgehead atoms. The summed E-state index contributed by atoms with van der Waals surface area (Å²) in [6.45, 7) is 4.76. The second-order valence-corrected chi connectivity index (χ2v) is 8.35. The molecular formula is C20H35N3O2. The molecule has 1 aliphatic carbocycles. The minimum Gasteiger partial charge on any atom is -0.344 e. The zero-order valence-corrected chi connectivity index (χ0v) is 15.8. The first-order chi connectivity index (χ1) is 12.1. The van der Waals surface area contributed by atoms with Crippen LogP contribution >= 0.6 is 0 Å². The summed E-state index contributed by atoms with van der Waals surface area (Å²) in [6, 6.07) is -0.304. The Kier molecular flexibility index (Phi) is 6.37. The van der Waals surface area contributed by atoms with Gasteiger partial charge in [0.05, 0.1) is 12.0 Å². The Bertz CT molecular complexity index is 468. The number of amides is 2. The van der Waals surface area contributed by atoms with E-state index in [4.69, 9.17) is 0 Å². The van der Waals surface area contributed by atoms with Crippen molar-refractivity contribution in [3.8, 4) is 0 Å². The normalized spacial score (nSPS) is 28.0. The minimum atomic E-state index is -0.304. The van der Waals surface area contributed by atoms with Crippen molar-refractivity contribution in [1.82, 2.24) is 15.5 Å². The molecule has 2 amide bonds. The lowest BCUT2D eigenvalue weighted by molar-refractivity contribution is -0.140. The van der Waals surface area contributed by atoms with E-state index in [2.05, 4.69) is 22.5 Å². The molecule has 0 unspecified atom stereocenters. The van der Waals surface area contributed by atoms with Gasteiger partial charge in [0.25, 0.3) is 0 Å². The topological polar surface area (TPSA) is 61.4 Å². The number of nitrogens with one attached hydrogen (secondary N) is 2. The molecule has 0 radical (unpaired) electrons.